The number of carbonyl (C=O) groups is 1. The number of nitrogens with zero attached hydrogens (tertiary/aromatic N) is 1. The van der Waals surface area contributed by atoms with Gasteiger partial charge in [-0.3, -0.25) is 4.79 Å². The number of Topliss-reactive ketones (excluding diaryl/α,β-unsaturated/α-hetero) is 1. The molecule has 3 nitrogen and oxygen atoms in total. The van der Waals surface area contributed by atoms with E-state index in [9.17, 15) is 4.79 Å². The Hall–Kier alpha value is -0.740. The number of aromatic nitrogens is 1. The molecule has 0 radical (unpaired) electrons. The number of aryl methyl sites for hydroxylation is 1. The molecule has 0 spiro atoms. The van der Waals surface area contributed by atoms with Crippen LogP contribution in [0.15, 0.2) is 5.38 Å². The lowest BCUT2D eigenvalue weighted by Gasteiger charge is -2.29. The normalized spacial score (nSPS) is 19.4. The minimum atomic E-state index is -0.548. The van der Waals surface area contributed by atoms with Gasteiger partial charge in [-0.2, -0.15) is 0 Å². The SMILES string of the molecule is COC1(C(=O)Cc2csc(C)n2)CCCCCC1. The van der Waals surface area contributed by atoms with Crippen LogP contribution in [0.2, 0.25) is 0 Å². The second kappa shape index (κ2) is 5.93. The summed E-state index contributed by atoms with van der Waals surface area (Å²) in [5, 5.41) is 3.00. The summed E-state index contributed by atoms with van der Waals surface area (Å²) in [5.41, 5.74) is 0.344. The Morgan fingerprint density at radius 1 is 1.39 bits per heavy atom. The summed E-state index contributed by atoms with van der Waals surface area (Å²) in [7, 11) is 1.68. The van der Waals surface area contributed by atoms with Crippen LogP contribution < -0.4 is 0 Å². The zero-order chi connectivity index (χ0) is 13.0. The number of hydrogen-bond donors (Lipinski definition) is 0. The standard InChI is InChI=1S/C14H21NO2S/c1-11-15-12(10-18-11)9-13(16)14(17-2)7-5-3-4-6-8-14/h10H,3-9H2,1-2H3. The molecule has 0 atom stereocenters. The van der Waals surface area contributed by atoms with E-state index in [1.807, 2.05) is 12.3 Å². The fourth-order valence-corrected chi connectivity index (χ4v) is 3.32. The van der Waals surface area contributed by atoms with Gasteiger partial charge < -0.3 is 4.74 Å². The van der Waals surface area contributed by atoms with Gasteiger partial charge in [-0.25, -0.2) is 4.98 Å². The molecule has 2 rings (SSSR count). The second-order valence-electron chi connectivity index (χ2n) is 5.07. The van der Waals surface area contributed by atoms with Crippen LogP contribution in [0.1, 0.15) is 49.2 Å². The number of rotatable bonds is 4. The molecule has 0 amide bonds. The van der Waals surface area contributed by atoms with Crippen molar-refractivity contribution in [3.63, 3.8) is 0 Å². The van der Waals surface area contributed by atoms with Crippen LogP contribution in [-0.2, 0) is 16.0 Å². The average Bonchev–Trinajstić information content (AvgIpc) is 2.65. The van der Waals surface area contributed by atoms with Crippen molar-refractivity contribution >= 4 is 17.1 Å². The van der Waals surface area contributed by atoms with E-state index in [4.69, 9.17) is 4.74 Å². The molecule has 0 aromatic carbocycles. The molecule has 1 fully saturated rings. The van der Waals surface area contributed by atoms with Crippen LogP contribution in [0, 0.1) is 6.92 Å². The second-order valence-corrected chi connectivity index (χ2v) is 6.13. The van der Waals surface area contributed by atoms with Gasteiger partial charge in [0.25, 0.3) is 0 Å². The van der Waals surface area contributed by atoms with E-state index in [1.165, 1.54) is 12.8 Å². The molecule has 1 aliphatic carbocycles. The molecule has 1 aliphatic rings. The first-order chi connectivity index (χ1) is 8.66. The van der Waals surface area contributed by atoms with Gasteiger partial charge in [0.2, 0.25) is 0 Å². The van der Waals surface area contributed by atoms with Crippen LogP contribution in [0.4, 0.5) is 0 Å². The average molecular weight is 267 g/mol. The number of carbonyl (C=O) groups excluding carboxylic acids is 1. The number of thiazole rings is 1. The van der Waals surface area contributed by atoms with Gasteiger partial charge >= 0.3 is 0 Å². The Kier molecular flexibility index (Phi) is 4.51. The van der Waals surface area contributed by atoms with Crippen LogP contribution in [0.25, 0.3) is 0 Å². The lowest BCUT2D eigenvalue weighted by Crippen LogP contribution is -2.41. The maximum Gasteiger partial charge on any atom is 0.170 e. The lowest BCUT2D eigenvalue weighted by atomic mass is 9.87. The Morgan fingerprint density at radius 2 is 2.06 bits per heavy atom. The highest BCUT2D eigenvalue weighted by molar-refractivity contribution is 7.09. The Balaban J connectivity index is 2.08. The fourth-order valence-electron chi connectivity index (χ4n) is 2.71. The quantitative estimate of drug-likeness (QED) is 0.786. The minimum Gasteiger partial charge on any atom is -0.370 e. The van der Waals surface area contributed by atoms with Crippen LogP contribution in [0.3, 0.4) is 0 Å². The highest BCUT2D eigenvalue weighted by Crippen LogP contribution is 2.32. The lowest BCUT2D eigenvalue weighted by molar-refractivity contribution is -0.142. The molecular weight excluding hydrogens is 246 g/mol. The highest BCUT2D eigenvalue weighted by Gasteiger charge is 2.38. The maximum atomic E-state index is 12.5. The summed E-state index contributed by atoms with van der Waals surface area (Å²) in [6.45, 7) is 1.97. The summed E-state index contributed by atoms with van der Waals surface area (Å²) in [4.78, 5) is 16.9. The topological polar surface area (TPSA) is 39.2 Å². The Labute approximate surface area is 113 Å². The molecule has 100 valence electrons. The van der Waals surface area contributed by atoms with Crippen LogP contribution in [-0.4, -0.2) is 23.5 Å². The van der Waals surface area contributed by atoms with Crippen molar-refractivity contribution in [2.45, 2.75) is 57.5 Å². The summed E-state index contributed by atoms with van der Waals surface area (Å²) in [5.74, 6) is 0.206. The zero-order valence-corrected chi connectivity index (χ0v) is 12.0. The van der Waals surface area contributed by atoms with Crippen molar-refractivity contribution in [3.8, 4) is 0 Å². The van der Waals surface area contributed by atoms with Crippen molar-refractivity contribution in [1.29, 1.82) is 0 Å². The third-order valence-electron chi connectivity index (χ3n) is 3.82. The van der Waals surface area contributed by atoms with E-state index in [2.05, 4.69) is 4.98 Å². The highest BCUT2D eigenvalue weighted by atomic mass is 32.1. The molecule has 1 heterocycles. The van der Waals surface area contributed by atoms with Crippen molar-refractivity contribution in [2.75, 3.05) is 7.11 Å². The van der Waals surface area contributed by atoms with E-state index in [0.717, 1.165) is 36.4 Å². The van der Waals surface area contributed by atoms with Crippen molar-refractivity contribution < 1.29 is 9.53 Å². The van der Waals surface area contributed by atoms with Gasteiger partial charge in [0.05, 0.1) is 17.1 Å². The molecule has 1 saturated carbocycles. The number of hydrogen-bond acceptors (Lipinski definition) is 4. The molecule has 0 unspecified atom stereocenters. The summed E-state index contributed by atoms with van der Waals surface area (Å²) >= 11 is 1.60. The molecule has 0 bridgehead atoms. The van der Waals surface area contributed by atoms with Gasteiger partial charge in [-0.05, 0) is 19.8 Å². The fraction of sp³-hybridized carbons (Fsp3) is 0.714. The van der Waals surface area contributed by atoms with E-state index < -0.39 is 5.60 Å². The van der Waals surface area contributed by atoms with E-state index in [0.29, 0.717) is 6.42 Å². The first-order valence-corrected chi connectivity index (χ1v) is 7.54. The zero-order valence-electron chi connectivity index (χ0n) is 11.2. The summed E-state index contributed by atoms with van der Waals surface area (Å²) < 4.78 is 5.63. The molecule has 0 aliphatic heterocycles. The Morgan fingerprint density at radius 3 is 2.56 bits per heavy atom. The first-order valence-electron chi connectivity index (χ1n) is 6.66. The van der Waals surface area contributed by atoms with Gasteiger partial charge in [0.15, 0.2) is 5.78 Å². The molecule has 0 N–H and O–H groups in total. The van der Waals surface area contributed by atoms with Crippen LogP contribution in [0.5, 0.6) is 0 Å². The molecule has 1 aromatic rings. The third-order valence-corrected chi connectivity index (χ3v) is 4.64. The minimum absolute atomic E-state index is 0.206. The predicted octanol–water partition coefficient (Wildman–Crippen LogP) is 3.30. The molecule has 0 saturated heterocycles. The molecular formula is C14H21NO2S. The third kappa shape index (κ3) is 2.98. The van der Waals surface area contributed by atoms with Gasteiger partial charge in [0, 0.05) is 12.5 Å². The van der Waals surface area contributed by atoms with Gasteiger partial charge in [-0.15, -0.1) is 11.3 Å². The molecule has 4 heteroatoms. The van der Waals surface area contributed by atoms with Crippen molar-refractivity contribution in [3.05, 3.63) is 16.1 Å². The molecule has 1 aromatic heterocycles. The number of ether oxygens (including phenoxy) is 1. The van der Waals surface area contributed by atoms with Crippen molar-refractivity contribution in [2.24, 2.45) is 0 Å². The Bertz CT molecular complexity index is 406. The van der Waals surface area contributed by atoms with E-state index >= 15 is 0 Å². The summed E-state index contributed by atoms with van der Waals surface area (Å²) in [6.07, 6.45) is 6.77. The molecule has 18 heavy (non-hydrogen) atoms. The predicted molar refractivity (Wildman–Crippen MR) is 73.0 cm³/mol. The van der Waals surface area contributed by atoms with Crippen LogP contribution >= 0.6 is 11.3 Å². The van der Waals surface area contributed by atoms with Gasteiger partial charge in [-0.1, -0.05) is 25.7 Å². The smallest absolute Gasteiger partial charge is 0.170 e. The van der Waals surface area contributed by atoms with E-state index in [-0.39, 0.29) is 5.78 Å². The van der Waals surface area contributed by atoms with Gasteiger partial charge in [0.1, 0.15) is 5.60 Å². The maximum absolute atomic E-state index is 12.5. The number of methoxy groups -OCH3 is 1. The first kappa shape index (κ1) is 13.7. The monoisotopic (exact) mass is 267 g/mol. The van der Waals surface area contributed by atoms with E-state index in [1.54, 1.807) is 18.4 Å². The summed E-state index contributed by atoms with van der Waals surface area (Å²) in [6, 6.07) is 0. The van der Waals surface area contributed by atoms with Crippen molar-refractivity contribution in [1.82, 2.24) is 4.98 Å². The number of ketones is 1. The largest absolute Gasteiger partial charge is 0.370 e.